The third-order valence-electron chi connectivity index (χ3n) is 3.36. The topological polar surface area (TPSA) is 98.7 Å². The molecule has 0 aliphatic rings. The number of nitrogens with zero attached hydrogens (tertiary/aromatic N) is 4. The molecule has 7 nitrogen and oxygen atoms in total. The highest BCUT2D eigenvalue weighted by molar-refractivity contribution is 6.29. The van der Waals surface area contributed by atoms with Gasteiger partial charge < -0.3 is 11.1 Å². The first-order valence-corrected chi connectivity index (χ1v) is 7.62. The van der Waals surface area contributed by atoms with Crippen LogP contribution in [0.5, 0.6) is 0 Å². The molecule has 3 aromatic rings. The van der Waals surface area contributed by atoms with Gasteiger partial charge in [0.15, 0.2) is 11.0 Å². The van der Waals surface area contributed by atoms with Crippen LogP contribution in [0.2, 0.25) is 5.15 Å². The standard InChI is InChI=1S/C16H15ClN6O/c17-14-6-13(15(18)24)16(22-21-14)19-7-12-8-20-23(10-12)9-11-4-2-1-3-5-11/h1-6,8,10H,7,9H2,(H2,18,24)(H,19,22). The van der Waals surface area contributed by atoms with Crippen LogP contribution in [0.1, 0.15) is 21.5 Å². The molecule has 3 N–H and O–H groups in total. The van der Waals surface area contributed by atoms with Gasteiger partial charge in [-0.1, -0.05) is 41.9 Å². The van der Waals surface area contributed by atoms with E-state index in [1.165, 1.54) is 11.6 Å². The second kappa shape index (κ2) is 7.10. The third-order valence-corrected chi connectivity index (χ3v) is 3.55. The predicted octanol–water partition coefficient (Wildman–Crippen LogP) is 2.09. The van der Waals surface area contributed by atoms with Crippen molar-refractivity contribution in [1.82, 2.24) is 20.0 Å². The van der Waals surface area contributed by atoms with Gasteiger partial charge >= 0.3 is 0 Å². The number of primary amides is 1. The van der Waals surface area contributed by atoms with Crippen LogP contribution < -0.4 is 11.1 Å². The largest absolute Gasteiger partial charge is 0.365 e. The predicted molar refractivity (Wildman–Crippen MR) is 90.7 cm³/mol. The highest BCUT2D eigenvalue weighted by Gasteiger charge is 2.12. The van der Waals surface area contributed by atoms with Crippen LogP contribution in [0.25, 0.3) is 0 Å². The van der Waals surface area contributed by atoms with E-state index < -0.39 is 5.91 Å². The van der Waals surface area contributed by atoms with Crippen molar-refractivity contribution in [3.05, 3.63) is 70.6 Å². The molecule has 3 rings (SSSR count). The number of amides is 1. The molecule has 0 unspecified atom stereocenters. The van der Waals surface area contributed by atoms with Gasteiger partial charge in [0.05, 0.1) is 18.3 Å². The quantitative estimate of drug-likeness (QED) is 0.714. The smallest absolute Gasteiger partial charge is 0.252 e. The maximum absolute atomic E-state index is 11.4. The van der Waals surface area contributed by atoms with E-state index in [0.717, 1.165) is 5.56 Å². The summed E-state index contributed by atoms with van der Waals surface area (Å²) in [6, 6.07) is 11.4. The number of nitrogens with two attached hydrogens (primary N) is 1. The monoisotopic (exact) mass is 342 g/mol. The van der Waals surface area contributed by atoms with Crippen LogP contribution >= 0.6 is 11.6 Å². The van der Waals surface area contributed by atoms with Crippen LogP contribution in [0.4, 0.5) is 5.82 Å². The van der Waals surface area contributed by atoms with Crippen molar-refractivity contribution in [3.8, 4) is 0 Å². The fraction of sp³-hybridized carbons (Fsp3) is 0.125. The van der Waals surface area contributed by atoms with Gasteiger partial charge in [0, 0.05) is 18.3 Å². The lowest BCUT2D eigenvalue weighted by Crippen LogP contribution is -2.16. The number of anilines is 1. The van der Waals surface area contributed by atoms with Gasteiger partial charge in [-0.15, -0.1) is 10.2 Å². The van der Waals surface area contributed by atoms with Gasteiger partial charge in [0.1, 0.15) is 0 Å². The molecular weight excluding hydrogens is 328 g/mol. The van der Waals surface area contributed by atoms with E-state index >= 15 is 0 Å². The highest BCUT2D eigenvalue weighted by atomic mass is 35.5. The number of carbonyl (C=O) groups excluding carboxylic acids is 1. The molecule has 0 saturated carbocycles. The SMILES string of the molecule is NC(=O)c1cc(Cl)nnc1NCc1cnn(Cc2ccccc2)c1. The first-order valence-electron chi connectivity index (χ1n) is 7.24. The molecule has 0 aliphatic heterocycles. The molecule has 1 aromatic carbocycles. The average molecular weight is 343 g/mol. The van der Waals surface area contributed by atoms with Crippen molar-refractivity contribution in [2.45, 2.75) is 13.1 Å². The molecule has 2 heterocycles. The second-order valence-corrected chi connectivity index (χ2v) is 5.57. The summed E-state index contributed by atoms with van der Waals surface area (Å²) in [5.41, 5.74) is 7.63. The minimum atomic E-state index is -0.617. The van der Waals surface area contributed by atoms with E-state index in [2.05, 4.69) is 20.6 Å². The molecule has 2 aromatic heterocycles. The Balaban J connectivity index is 1.67. The number of carbonyl (C=O) groups is 1. The van der Waals surface area contributed by atoms with Crippen molar-refractivity contribution < 1.29 is 4.79 Å². The summed E-state index contributed by atoms with van der Waals surface area (Å²) in [5, 5.41) is 15.1. The number of nitrogens with one attached hydrogen (secondary N) is 1. The first kappa shape index (κ1) is 15.9. The first-order chi connectivity index (χ1) is 11.6. The Hall–Kier alpha value is -2.93. The zero-order chi connectivity index (χ0) is 16.9. The van der Waals surface area contributed by atoms with Crippen LogP contribution in [-0.2, 0) is 13.1 Å². The molecule has 122 valence electrons. The molecule has 0 bridgehead atoms. The minimum Gasteiger partial charge on any atom is -0.365 e. The average Bonchev–Trinajstić information content (AvgIpc) is 3.02. The van der Waals surface area contributed by atoms with Crippen LogP contribution in [0.3, 0.4) is 0 Å². The molecule has 0 fully saturated rings. The summed E-state index contributed by atoms with van der Waals surface area (Å²) in [6.07, 6.45) is 3.68. The molecular formula is C16H15ClN6O. The van der Waals surface area contributed by atoms with Gasteiger partial charge in [-0.05, 0) is 11.6 Å². The molecule has 0 radical (unpaired) electrons. The van der Waals surface area contributed by atoms with Gasteiger partial charge in [-0.2, -0.15) is 5.10 Å². The van der Waals surface area contributed by atoms with E-state index in [1.54, 1.807) is 6.20 Å². The van der Waals surface area contributed by atoms with Crippen molar-refractivity contribution in [2.75, 3.05) is 5.32 Å². The summed E-state index contributed by atoms with van der Waals surface area (Å²) in [6.45, 7) is 1.12. The van der Waals surface area contributed by atoms with Crippen LogP contribution in [0, 0.1) is 0 Å². The fourth-order valence-electron chi connectivity index (χ4n) is 2.23. The number of hydrogen-bond donors (Lipinski definition) is 2. The fourth-order valence-corrected chi connectivity index (χ4v) is 2.37. The van der Waals surface area contributed by atoms with Crippen molar-refractivity contribution >= 4 is 23.3 Å². The summed E-state index contributed by atoms with van der Waals surface area (Å²) < 4.78 is 1.84. The van der Waals surface area contributed by atoms with Gasteiger partial charge in [0.25, 0.3) is 5.91 Å². The second-order valence-electron chi connectivity index (χ2n) is 5.18. The lowest BCUT2D eigenvalue weighted by Gasteiger charge is -2.07. The maximum Gasteiger partial charge on any atom is 0.252 e. The summed E-state index contributed by atoms with van der Waals surface area (Å²) in [5.74, 6) is -0.322. The zero-order valence-electron chi connectivity index (χ0n) is 12.7. The lowest BCUT2D eigenvalue weighted by molar-refractivity contribution is 0.100. The van der Waals surface area contributed by atoms with E-state index in [0.29, 0.717) is 18.9 Å². The molecule has 1 amide bonds. The lowest BCUT2D eigenvalue weighted by atomic mass is 10.2. The Kier molecular flexibility index (Phi) is 4.72. The van der Waals surface area contributed by atoms with E-state index in [4.69, 9.17) is 17.3 Å². The van der Waals surface area contributed by atoms with Crippen LogP contribution in [0.15, 0.2) is 48.8 Å². The number of benzene rings is 1. The number of aromatic nitrogens is 4. The van der Waals surface area contributed by atoms with Crippen molar-refractivity contribution in [3.63, 3.8) is 0 Å². The minimum absolute atomic E-state index is 0.116. The molecule has 0 atom stereocenters. The van der Waals surface area contributed by atoms with Crippen molar-refractivity contribution in [2.24, 2.45) is 5.73 Å². The molecule has 0 aliphatic carbocycles. The molecule has 0 saturated heterocycles. The summed E-state index contributed by atoms with van der Waals surface area (Å²) in [7, 11) is 0. The number of rotatable bonds is 6. The normalized spacial score (nSPS) is 10.5. The Labute approximate surface area is 143 Å². The Bertz CT molecular complexity index is 849. The Morgan fingerprint density at radius 1 is 1.21 bits per heavy atom. The molecule has 24 heavy (non-hydrogen) atoms. The third kappa shape index (κ3) is 3.88. The van der Waals surface area contributed by atoms with E-state index in [1.807, 2.05) is 41.2 Å². The maximum atomic E-state index is 11.4. The molecule has 0 spiro atoms. The number of halogens is 1. The van der Waals surface area contributed by atoms with Crippen molar-refractivity contribution in [1.29, 1.82) is 0 Å². The number of hydrogen-bond acceptors (Lipinski definition) is 5. The van der Waals surface area contributed by atoms with Gasteiger partial charge in [0.2, 0.25) is 0 Å². The van der Waals surface area contributed by atoms with E-state index in [-0.39, 0.29) is 10.7 Å². The van der Waals surface area contributed by atoms with Gasteiger partial charge in [-0.25, -0.2) is 0 Å². The highest BCUT2D eigenvalue weighted by Crippen LogP contribution is 2.15. The Morgan fingerprint density at radius 2 is 2.00 bits per heavy atom. The summed E-state index contributed by atoms with van der Waals surface area (Å²) in [4.78, 5) is 11.4. The van der Waals surface area contributed by atoms with E-state index in [9.17, 15) is 4.79 Å². The Morgan fingerprint density at radius 3 is 2.75 bits per heavy atom. The van der Waals surface area contributed by atoms with Crippen LogP contribution in [-0.4, -0.2) is 25.9 Å². The molecule has 8 heteroatoms. The zero-order valence-corrected chi connectivity index (χ0v) is 13.4. The van der Waals surface area contributed by atoms with Gasteiger partial charge in [-0.3, -0.25) is 9.48 Å². The summed E-state index contributed by atoms with van der Waals surface area (Å²) >= 11 is 5.74.